The highest BCUT2D eigenvalue weighted by atomic mass is 16.1. The standard InChI is InChI=1S/C18H17N3O/c1-14-6-5-9-17(10-14)21-18(22)16(11-19)13-20-12-15-7-3-2-4-8-15/h2-10,13,20H,12H2,1H3,(H,21,22)/b16-13-. The van der Waals surface area contributed by atoms with Crippen molar-refractivity contribution >= 4 is 11.6 Å². The van der Waals surface area contributed by atoms with Crippen molar-refractivity contribution in [3.63, 3.8) is 0 Å². The van der Waals surface area contributed by atoms with E-state index >= 15 is 0 Å². The minimum absolute atomic E-state index is 0.0393. The zero-order valence-electron chi connectivity index (χ0n) is 12.3. The molecule has 0 bridgehead atoms. The van der Waals surface area contributed by atoms with Gasteiger partial charge in [0.25, 0.3) is 5.91 Å². The highest BCUT2D eigenvalue weighted by Crippen LogP contribution is 2.10. The van der Waals surface area contributed by atoms with Crippen molar-refractivity contribution < 1.29 is 4.79 Å². The maximum Gasteiger partial charge on any atom is 0.267 e. The summed E-state index contributed by atoms with van der Waals surface area (Å²) in [7, 11) is 0. The molecule has 0 heterocycles. The molecule has 0 saturated heterocycles. The second-order valence-corrected chi connectivity index (χ2v) is 4.86. The van der Waals surface area contributed by atoms with E-state index in [9.17, 15) is 4.79 Å². The molecule has 0 aliphatic heterocycles. The van der Waals surface area contributed by atoms with Gasteiger partial charge >= 0.3 is 0 Å². The van der Waals surface area contributed by atoms with Gasteiger partial charge in [-0.25, -0.2) is 0 Å². The summed E-state index contributed by atoms with van der Waals surface area (Å²) in [4.78, 5) is 12.1. The Kier molecular flexibility index (Phi) is 5.33. The molecule has 2 aromatic rings. The molecule has 0 aliphatic carbocycles. The molecule has 4 heteroatoms. The number of hydrogen-bond acceptors (Lipinski definition) is 3. The van der Waals surface area contributed by atoms with Gasteiger partial charge in [-0.15, -0.1) is 0 Å². The maximum atomic E-state index is 12.1. The molecule has 2 rings (SSSR count). The Balaban J connectivity index is 1.97. The number of rotatable bonds is 5. The highest BCUT2D eigenvalue weighted by Gasteiger charge is 2.08. The van der Waals surface area contributed by atoms with Crippen LogP contribution in [0, 0.1) is 18.3 Å². The number of nitrogens with zero attached hydrogens (tertiary/aromatic N) is 1. The molecule has 22 heavy (non-hydrogen) atoms. The molecule has 2 aromatic carbocycles. The largest absolute Gasteiger partial charge is 0.386 e. The summed E-state index contributed by atoms with van der Waals surface area (Å²) in [5.41, 5.74) is 2.84. The van der Waals surface area contributed by atoms with Crippen LogP contribution < -0.4 is 10.6 Å². The smallest absolute Gasteiger partial charge is 0.267 e. The summed E-state index contributed by atoms with van der Waals surface area (Å²) >= 11 is 0. The zero-order chi connectivity index (χ0) is 15.8. The minimum atomic E-state index is -0.423. The Morgan fingerprint density at radius 1 is 1.18 bits per heavy atom. The van der Waals surface area contributed by atoms with Crippen molar-refractivity contribution in [2.75, 3.05) is 5.32 Å². The highest BCUT2D eigenvalue weighted by molar-refractivity contribution is 6.06. The van der Waals surface area contributed by atoms with E-state index in [0.717, 1.165) is 11.1 Å². The fraction of sp³-hybridized carbons (Fsp3) is 0.111. The Labute approximate surface area is 130 Å². The maximum absolute atomic E-state index is 12.1. The van der Waals surface area contributed by atoms with Crippen LogP contribution in [0.4, 0.5) is 5.69 Å². The van der Waals surface area contributed by atoms with Gasteiger partial charge in [0, 0.05) is 18.4 Å². The summed E-state index contributed by atoms with van der Waals surface area (Å²) in [6.07, 6.45) is 1.44. The van der Waals surface area contributed by atoms with E-state index < -0.39 is 5.91 Å². The second-order valence-electron chi connectivity index (χ2n) is 4.86. The van der Waals surface area contributed by atoms with Crippen LogP contribution in [0.1, 0.15) is 11.1 Å². The molecule has 0 atom stereocenters. The van der Waals surface area contributed by atoms with E-state index in [-0.39, 0.29) is 5.57 Å². The van der Waals surface area contributed by atoms with Crippen molar-refractivity contribution in [2.45, 2.75) is 13.5 Å². The van der Waals surface area contributed by atoms with Gasteiger partial charge in [0.1, 0.15) is 11.6 Å². The molecule has 110 valence electrons. The lowest BCUT2D eigenvalue weighted by Crippen LogP contribution is -2.16. The number of anilines is 1. The van der Waals surface area contributed by atoms with Crippen molar-refractivity contribution in [1.82, 2.24) is 5.32 Å². The summed E-state index contributed by atoms with van der Waals surface area (Å²) in [5.74, 6) is -0.423. The molecule has 0 aliphatic rings. The molecule has 2 N–H and O–H groups in total. The number of amides is 1. The third-order valence-electron chi connectivity index (χ3n) is 3.04. The van der Waals surface area contributed by atoms with Crippen LogP contribution in [0.2, 0.25) is 0 Å². The van der Waals surface area contributed by atoms with Crippen LogP contribution in [-0.2, 0) is 11.3 Å². The van der Waals surface area contributed by atoms with Crippen LogP contribution in [0.5, 0.6) is 0 Å². The zero-order valence-corrected chi connectivity index (χ0v) is 12.3. The van der Waals surface area contributed by atoms with Gasteiger partial charge in [-0.05, 0) is 30.2 Å². The third kappa shape index (κ3) is 4.50. The molecular formula is C18H17N3O. The van der Waals surface area contributed by atoms with Gasteiger partial charge in [0.2, 0.25) is 0 Å². The molecule has 0 fully saturated rings. The van der Waals surface area contributed by atoms with Gasteiger partial charge < -0.3 is 10.6 Å². The van der Waals surface area contributed by atoms with E-state index in [0.29, 0.717) is 12.2 Å². The predicted octanol–water partition coefficient (Wildman–Crippen LogP) is 3.13. The number of carbonyl (C=O) groups is 1. The van der Waals surface area contributed by atoms with Crippen LogP contribution in [-0.4, -0.2) is 5.91 Å². The Hall–Kier alpha value is -3.06. The molecule has 0 aromatic heterocycles. The lowest BCUT2D eigenvalue weighted by Gasteiger charge is -2.06. The number of aryl methyl sites for hydroxylation is 1. The van der Waals surface area contributed by atoms with Crippen molar-refractivity contribution in [1.29, 1.82) is 5.26 Å². The van der Waals surface area contributed by atoms with Crippen LogP contribution in [0.25, 0.3) is 0 Å². The predicted molar refractivity (Wildman–Crippen MR) is 86.8 cm³/mol. The van der Waals surface area contributed by atoms with E-state index in [1.165, 1.54) is 6.20 Å². The summed E-state index contributed by atoms with van der Waals surface area (Å²) in [5, 5.41) is 14.8. The van der Waals surface area contributed by atoms with Crippen molar-refractivity contribution in [3.05, 3.63) is 77.5 Å². The minimum Gasteiger partial charge on any atom is -0.386 e. The Morgan fingerprint density at radius 3 is 2.64 bits per heavy atom. The van der Waals surface area contributed by atoms with Crippen LogP contribution in [0.3, 0.4) is 0 Å². The lowest BCUT2D eigenvalue weighted by atomic mass is 10.2. The monoisotopic (exact) mass is 291 g/mol. The van der Waals surface area contributed by atoms with E-state index in [4.69, 9.17) is 5.26 Å². The Bertz CT molecular complexity index is 715. The second kappa shape index (κ2) is 7.65. The molecule has 4 nitrogen and oxygen atoms in total. The van der Waals surface area contributed by atoms with Crippen molar-refractivity contribution in [2.24, 2.45) is 0 Å². The molecule has 0 spiro atoms. The first-order valence-electron chi connectivity index (χ1n) is 6.94. The van der Waals surface area contributed by atoms with Crippen LogP contribution >= 0.6 is 0 Å². The normalized spacial score (nSPS) is 10.6. The fourth-order valence-corrected chi connectivity index (χ4v) is 1.94. The first-order chi connectivity index (χ1) is 10.7. The summed E-state index contributed by atoms with van der Waals surface area (Å²) in [6, 6.07) is 19.1. The number of nitrogens with one attached hydrogen (secondary N) is 2. The number of benzene rings is 2. The summed E-state index contributed by atoms with van der Waals surface area (Å²) in [6.45, 7) is 2.50. The van der Waals surface area contributed by atoms with Crippen molar-refractivity contribution in [3.8, 4) is 6.07 Å². The third-order valence-corrected chi connectivity index (χ3v) is 3.04. The first kappa shape index (κ1) is 15.3. The fourth-order valence-electron chi connectivity index (χ4n) is 1.94. The topological polar surface area (TPSA) is 64.9 Å². The number of hydrogen-bond donors (Lipinski definition) is 2. The van der Waals surface area contributed by atoms with Gasteiger partial charge in [0.05, 0.1) is 0 Å². The first-order valence-corrected chi connectivity index (χ1v) is 6.94. The average molecular weight is 291 g/mol. The number of carbonyl (C=O) groups excluding carboxylic acids is 1. The van der Waals surface area contributed by atoms with E-state index in [2.05, 4.69) is 10.6 Å². The molecule has 0 unspecified atom stereocenters. The SMILES string of the molecule is Cc1cccc(NC(=O)/C(C#N)=C\NCc2ccccc2)c1. The number of nitriles is 1. The lowest BCUT2D eigenvalue weighted by molar-refractivity contribution is -0.112. The Morgan fingerprint density at radius 2 is 1.95 bits per heavy atom. The average Bonchev–Trinajstić information content (AvgIpc) is 2.52. The van der Waals surface area contributed by atoms with Gasteiger partial charge in [0.15, 0.2) is 0 Å². The quantitative estimate of drug-likeness (QED) is 0.657. The summed E-state index contributed by atoms with van der Waals surface area (Å²) < 4.78 is 0. The van der Waals surface area contributed by atoms with Crippen LogP contribution in [0.15, 0.2) is 66.4 Å². The van der Waals surface area contributed by atoms with Gasteiger partial charge in [-0.1, -0.05) is 42.5 Å². The van der Waals surface area contributed by atoms with Gasteiger partial charge in [-0.3, -0.25) is 4.79 Å². The van der Waals surface area contributed by atoms with Gasteiger partial charge in [-0.2, -0.15) is 5.26 Å². The molecular weight excluding hydrogens is 274 g/mol. The van der Waals surface area contributed by atoms with E-state index in [1.54, 1.807) is 6.07 Å². The molecule has 0 saturated carbocycles. The van der Waals surface area contributed by atoms with E-state index in [1.807, 2.05) is 61.5 Å². The molecule has 1 amide bonds. The molecule has 0 radical (unpaired) electrons.